The summed E-state index contributed by atoms with van der Waals surface area (Å²) >= 11 is 7.96. The number of hydrogen-bond acceptors (Lipinski definition) is 3. The Hall–Kier alpha value is -1.03. The normalized spacial score (nSPS) is 12.4. The predicted molar refractivity (Wildman–Crippen MR) is 82.4 cm³/mol. The summed E-state index contributed by atoms with van der Waals surface area (Å²) in [5, 5.41) is 2.75. The number of thiophene rings is 1. The fourth-order valence-corrected chi connectivity index (χ4v) is 3.15. The highest BCUT2D eigenvalue weighted by Crippen LogP contribution is 2.29. The molecule has 0 spiro atoms. The monoisotopic (exact) mass is 295 g/mol. The Balaban J connectivity index is 2.12. The molecule has 0 radical (unpaired) electrons. The lowest BCUT2D eigenvalue weighted by molar-refractivity contribution is 0.340. The van der Waals surface area contributed by atoms with E-state index in [1.54, 1.807) is 11.3 Å². The fraction of sp³-hybridized carbons (Fsp3) is 0.333. The van der Waals surface area contributed by atoms with Gasteiger partial charge in [0, 0.05) is 17.3 Å². The van der Waals surface area contributed by atoms with Gasteiger partial charge in [-0.25, -0.2) is 0 Å². The fourth-order valence-electron chi connectivity index (χ4n) is 2.05. The first-order valence-electron chi connectivity index (χ1n) is 6.39. The van der Waals surface area contributed by atoms with Crippen molar-refractivity contribution < 1.29 is 4.74 Å². The molecule has 102 valence electrons. The van der Waals surface area contributed by atoms with Gasteiger partial charge in [0.15, 0.2) is 0 Å². The molecular weight excluding hydrogens is 278 g/mol. The van der Waals surface area contributed by atoms with Gasteiger partial charge in [0.05, 0.1) is 11.6 Å². The third-order valence-corrected chi connectivity index (χ3v) is 4.34. The second-order valence-electron chi connectivity index (χ2n) is 4.35. The van der Waals surface area contributed by atoms with Crippen LogP contribution in [0.15, 0.2) is 35.7 Å². The Labute approximate surface area is 123 Å². The van der Waals surface area contributed by atoms with E-state index in [9.17, 15) is 0 Å². The first-order chi connectivity index (χ1) is 9.24. The topological polar surface area (TPSA) is 35.2 Å². The molecule has 4 heteroatoms. The maximum Gasteiger partial charge on any atom is 0.137 e. The van der Waals surface area contributed by atoms with E-state index in [0.29, 0.717) is 24.1 Å². The van der Waals surface area contributed by atoms with Crippen LogP contribution in [0.4, 0.5) is 0 Å². The van der Waals surface area contributed by atoms with Gasteiger partial charge in [-0.3, -0.25) is 0 Å². The maximum atomic E-state index is 6.21. The maximum absolute atomic E-state index is 6.21. The second-order valence-corrected chi connectivity index (χ2v) is 5.74. The van der Waals surface area contributed by atoms with E-state index in [0.717, 1.165) is 12.2 Å². The molecule has 1 aromatic heterocycles. The van der Waals surface area contributed by atoms with Crippen LogP contribution in [0.3, 0.4) is 0 Å². The van der Waals surface area contributed by atoms with Crippen molar-refractivity contribution in [2.24, 2.45) is 5.73 Å². The van der Waals surface area contributed by atoms with Crippen molar-refractivity contribution in [2.75, 3.05) is 13.2 Å². The minimum Gasteiger partial charge on any atom is -0.492 e. The van der Waals surface area contributed by atoms with Crippen molar-refractivity contribution >= 4 is 22.9 Å². The van der Waals surface area contributed by atoms with Crippen LogP contribution in [0.1, 0.15) is 23.3 Å². The van der Waals surface area contributed by atoms with Crippen LogP contribution >= 0.6 is 22.9 Å². The SMILES string of the molecule is CCOc1ccc(CC(CN)c2cccs2)cc1Cl. The molecule has 1 atom stereocenters. The van der Waals surface area contributed by atoms with Crippen molar-refractivity contribution in [3.63, 3.8) is 0 Å². The van der Waals surface area contributed by atoms with Crippen molar-refractivity contribution in [1.82, 2.24) is 0 Å². The third kappa shape index (κ3) is 3.72. The Kier molecular flexibility index (Phi) is 5.25. The molecule has 0 bridgehead atoms. The molecule has 2 rings (SSSR count). The van der Waals surface area contributed by atoms with E-state index in [1.807, 2.05) is 19.1 Å². The predicted octanol–water partition coefficient (Wildman–Crippen LogP) is 4.09. The first-order valence-corrected chi connectivity index (χ1v) is 7.65. The van der Waals surface area contributed by atoms with Gasteiger partial charge in [-0.2, -0.15) is 0 Å². The average Bonchev–Trinajstić information content (AvgIpc) is 2.93. The van der Waals surface area contributed by atoms with E-state index in [2.05, 4.69) is 23.6 Å². The van der Waals surface area contributed by atoms with Crippen LogP contribution in [-0.2, 0) is 6.42 Å². The van der Waals surface area contributed by atoms with E-state index in [-0.39, 0.29) is 0 Å². The number of ether oxygens (including phenoxy) is 1. The number of rotatable bonds is 6. The quantitative estimate of drug-likeness (QED) is 0.871. The van der Waals surface area contributed by atoms with E-state index in [1.165, 1.54) is 10.4 Å². The summed E-state index contributed by atoms with van der Waals surface area (Å²) in [6.07, 6.45) is 0.906. The molecule has 2 aromatic rings. The van der Waals surface area contributed by atoms with Gasteiger partial charge < -0.3 is 10.5 Å². The summed E-state index contributed by atoms with van der Waals surface area (Å²) < 4.78 is 5.44. The smallest absolute Gasteiger partial charge is 0.137 e. The van der Waals surface area contributed by atoms with Crippen LogP contribution in [0, 0.1) is 0 Å². The number of hydrogen-bond donors (Lipinski definition) is 1. The van der Waals surface area contributed by atoms with E-state index < -0.39 is 0 Å². The largest absolute Gasteiger partial charge is 0.492 e. The first kappa shape index (κ1) is 14.4. The Morgan fingerprint density at radius 3 is 2.79 bits per heavy atom. The Bertz CT molecular complexity index is 513. The summed E-state index contributed by atoms with van der Waals surface area (Å²) in [6.45, 7) is 3.22. The highest BCUT2D eigenvalue weighted by molar-refractivity contribution is 7.10. The molecular formula is C15H18ClNOS. The van der Waals surface area contributed by atoms with Crippen LogP contribution in [0.2, 0.25) is 5.02 Å². The van der Waals surface area contributed by atoms with E-state index in [4.69, 9.17) is 22.1 Å². The average molecular weight is 296 g/mol. The molecule has 0 saturated heterocycles. The van der Waals surface area contributed by atoms with Crippen molar-refractivity contribution in [3.05, 3.63) is 51.2 Å². The molecule has 1 heterocycles. The Morgan fingerprint density at radius 2 is 2.21 bits per heavy atom. The van der Waals surface area contributed by atoms with Gasteiger partial charge in [0.1, 0.15) is 5.75 Å². The highest BCUT2D eigenvalue weighted by atomic mass is 35.5. The minimum atomic E-state index is 0.356. The lowest BCUT2D eigenvalue weighted by atomic mass is 9.98. The molecule has 0 saturated carbocycles. The number of benzene rings is 1. The zero-order chi connectivity index (χ0) is 13.7. The van der Waals surface area contributed by atoms with Crippen LogP contribution < -0.4 is 10.5 Å². The minimum absolute atomic E-state index is 0.356. The summed E-state index contributed by atoms with van der Waals surface area (Å²) in [7, 11) is 0. The van der Waals surface area contributed by atoms with Crippen molar-refractivity contribution in [2.45, 2.75) is 19.3 Å². The highest BCUT2D eigenvalue weighted by Gasteiger charge is 2.12. The summed E-state index contributed by atoms with van der Waals surface area (Å²) in [4.78, 5) is 1.33. The summed E-state index contributed by atoms with van der Waals surface area (Å²) in [5.41, 5.74) is 7.07. The van der Waals surface area contributed by atoms with Gasteiger partial charge in [-0.15, -0.1) is 11.3 Å². The Morgan fingerprint density at radius 1 is 1.37 bits per heavy atom. The zero-order valence-electron chi connectivity index (χ0n) is 10.9. The zero-order valence-corrected chi connectivity index (χ0v) is 12.5. The van der Waals surface area contributed by atoms with Gasteiger partial charge in [-0.05, 0) is 42.5 Å². The molecule has 1 unspecified atom stereocenters. The summed E-state index contributed by atoms with van der Waals surface area (Å²) in [6, 6.07) is 10.2. The number of halogens is 1. The van der Waals surface area contributed by atoms with Gasteiger partial charge in [0.25, 0.3) is 0 Å². The van der Waals surface area contributed by atoms with Crippen molar-refractivity contribution in [1.29, 1.82) is 0 Å². The van der Waals surface area contributed by atoms with Gasteiger partial charge >= 0.3 is 0 Å². The molecule has 1 aromatic carbocycles. The van der Waals surface area contributed by atoms with Gasteiger partial charge in [0.2, 0.25) is 0 Å². The third-order valence-electron chi connectivity index (χ3n) is 3.01. The molecule has 0 fully saturated rings. The molecule has 0 amide bonds. The van der Waals surface area contributed by atoms with Gasteiger partial charge in [-0.1, -0.05) is 23.7 Å². The molecule has 0 aliphatic carbocycles. The van der Waals surface area contributed by atoms with Crippen LogP contribution in [0.25, 0.3) is 0 Å². The molecule has 19 heavy (non-hydrogen) atoms. The van der Waals surface area contributed by atoms with Crippen LogP contribution in [-0.4, -0.2) is 13.2 Å². The lowest BCUT2D eigenvalue weighted by Gasteiger charge is -2.14. The molecule has 0 aliphatic heterocycles. The second kappa shape index (κ2) is 6.94. The lowest BCUT2D eigenvalue weighted by Crippen LogP contribution is -2.13. The molecule has 0 aliphatic rings. The number of nitrogens with two attached hydrogens (primary N) is 1. The summed E-state index contributed by atoms with van der Waals surface area (Å²) in [5.74, 6) is 1.10. The molecule has 2 N–H and O–H groups in total. The standard InChI is InChI=1S/C15H18ClNOS/c1-2-18-14-6-5-11(9-13(14)16)8-12(10-17)15-4-3-7-19-15/h3-7,9,12H,2,8,10,17H2,1H3. The van der Waals surface area contributed by atoms with Crippen LogP contribution in [0.5, 0.6) is 5.75 Å². The molecule has 2 nitrogen and oxygen atoms in total. The van der Waals surface area contributed by atoms with E-state index >= 15 is 0 Å². The van der Waals surface area contributed by atoms with Crippen molar-refractivity contribution in [3.8, 4) is 5.75 Å².